The van der Waals surface area contributed by atoms with Crippen LogP contribution in [0.15, 0.2) is 28.7 Å². The van der Waals surface area contributed by atoms with Gasteiger partial charge in [-0.2, -0.15) is 0 Å². The second kappa shape index (κ2) is 7.22. The summed E-state index contributed by atoms with van der Waals surface area (Å²) >= 11 is 0. The SMILES string of the molecule is CCc1oc2ccccc2c1CN(C)CN1C(=O)NC2(CCN(C)CC2)C1=O. The number of fused-ring (bicyclic) bond motifs is 1. The molecule has 4 rings (SSSR count). The maximum atomic E-state index is 13.1. The van der Waals surface area contributed by atoms with Crippen molar-refractivity contribution in [2.45, 2.75) is 38.3 Å². The molecule has 2 aliphatic heterocycles. The van der Waals surface area contributed by atoms with Crippen LogP contribution in [0.3, 0.4) is 0 Å². The van der Waals surface area contributed by atoms with Crippen molar-refractivity contribution in [3.05, 3.63) is 35.6 Å². The van der Waals surface area contributed by atoms with Gasteiger partial charge in [-0.1, -0.05) is 25.1 Å². The van der Waals surface area contributed by atoms with Gasteiger partial charge in [-0.05, 0) is 33.0 Å². The van der Waals surface area contributed by atoms with E-state index < -0.39 is 5.54 Å². The molecule has 0 bridgehead atoms. The van der Waals surface area contributed by atoms with Gasteiger partial charge in [-0.3, -0.25) is 9.69 Å². The van der Waals surface area contributed by atoms with Crippen molar-refractivity contribution < 1.29 is 14.0 Å². The molecule has 7 heteroatoms. The summed E-state index contributed by atoms with van der Waals surface area (Å²) < 4.78 is 5.97. The van der Waals surface area contributed by atoms with Gasteiger partial charge >= 0.3 is 6.03 Å². The van der Waals surface area contributed by atoms with Crippen LogP contribution >= 0.6 is 0 Å². The molecule has 1 N–H and O–H groups in total. The Labute approximate surface area is 165 Å². The van der Waals surface area contributed by atoms with Crippen LogP contribution in [0.5, 0.6) is 0 Å². The zero-order valence-corrected chi connectivity index (χ0v) is 16.8. The zero-order chi connectivity index (χ0) is 19.9. The smallest absolute Gasteiger partial charge is 0.326 e. The predicted octanol–water partition coefficient (Wildman–Crippen LogP) is 2.40. The van der Waals surface area contributed by atoms with Gasteiger partial charge in [-0.25, -0.2) is 9.69 Å². The number of carbonyl (C=O) groups is 2. The quantitative estimate of drug-likeness (QED) is 0.802. The van der Waals surface area contributed by atoms with Gasteiger partial charge in [0, 0.05) is 37.0 Å². The Morgan fingerprint density at radius 3 is 2.64 bits per heavy atom. The lowest BCUT2D eigenvalue weighted by Gasteiger charge is -2.35. The third-order valence-electron chi connectivity index (χ3n) is 6.00. The highest BCUT2D eigenvalue weighted by atomic mass is 16.3. The molecule has 2 saturated heterocycles. The van der Waals surface area contributed by atoms with Gasteiger partial charge in [0.2, 0.25) is 0 Å². The molecule has 1 spiro atoms. The van der Waals surface area contributed by atoms with Crippen LogP contribution in [0, 0.1) is 0 Å². The summed E-state index contributed by atoms with van der Waals surface area (Å²) in [6, 6.07) is 7.71. The van der Waals surface area contributed by atoms with Crippen molar-refractivity contribution in [2.24, 2.45) is 0 Å². The predicted molar refractivity (Wildman–Crippen MR) is 107 cm³/mol. The molecule has 0 saturated carbocycles. The minimum Gasteiger partial charge on any atom is -0.461 e. The van der Waals surface area contributed by atoms with Crippen LogP contribution in [0.4, 0.5) is 4.79 Å². The number of hydrogen-bond acceptors (Lipinski definition) is 5. The number of carbonyl (C=O) groups excluding carboxylic acids is 2. The largest absolute Gasteiger partial charge is 0.461 e. The molecule has 2 fully saturated rings. The van der Waals surface area contributed by atoms with Gasteiger partial charge in [0.05, 0.1) is 6.67 Å². The van der Waals surface area contributed by atoms with Crippen LogP contribution in [0.25, 0.3) is 11.0 Å². The van der Waals surface area contributed by atoms with Crippen molar-refractivity contribution in [3.8, 4) is 0 Å². The number of likely N-dealkylation sites (tertiary alicyclic amines) is 1. The number of benzene rings is 1. The fourth-order valence-electron chi connectivity index (χ4n) is 4.31. The molecule has 3 heterocycles. The van der Waals surface area contributed by atoms with Gasteiger partial charge in [0.1, 0.15) is 16.9 Å². The van der Waals surface area contributed by atoms with Gasteiger partial charge in [0.25, 0.3) is 5.91 Å². The summed E-state index contributed by atoms with van der Waals surface area (Å²) in [7, 11) is 3.97. The molecule has 0 aliphatic carbocycles. The van der Waals surface area contributed by atoms with Gasteiger partial charge < -0.3 is 14.6 Å². The number of imide groups is 1. The minimum absolute atomic E-state index is 0.0924. The summed E-state index contributed by atoms with van der Waals surface area (Å²) in [6.07, 6.45) is 2.14. The number of furan rings is 1. The third-order valence-corrected chi connectivity index (χ3v) is 6.00. The molecule has 2 aliphatic rings. The van der Waals surface area contributed by atoms with Crippen LogP contribution in [0.2, 0.25) is 0 Å². The molecule has 0 unspecified atom stereocenters. The molecule has 3 amide bonds. The van der Waals surface area contributed by atoms with E-state index in [9.17, 15) is 9.59 Å². The van der Waals surface area contributed by atoms with E-state index in [1.165, 1.54) is 4.90 Å². The van der Waals surface area contributed by atoms with Crippen molar-refractivity contribution in [1.82, 2.24) is 20.0 Å². The van der Waals surface area contributed by atoms with Gasteiger partial charge in [-0.15, -0.1) is 0 Å². The lowest BCUT2D eigenvalue weighted by molar-refractivity contribution is -0.134. The lowest BCUT2D eigenvalue weighted by atomic mass is 9.88. The first-order chi connectivity index (χ1) is 13.4. The maximum absolute atomic E-state index is 13.1. The first kappa shape index (κ1) is 19.0. The average Bonchev–Trinajstić information content (AvgIpc) is 3.15. The van der Waals surface area contributed by atoms with E-state index in [0.29, 0.717) is 19.4 Å². The second-order valence-corrected chi connectivity index (χ2v) is 8.06. The Bertz CT molecular complexity index is 898. The average molecular weight is 384 g/mol. The number of piperidine rings is 1. The fourth-order valence-corrected chi connectivity index (χ4v) is 4.31. The molecule has 1 aromatic carbocycles. The number of para-hydroxylation sites is 1. The molecule has 7 nitrogen and oxygen atoms in total. The standard InChI is InChI=1S/C21H28N4O3/c1-4-17-16(15-7-5-6-8-18(15)28-17)13-24(3)14-25-19(26)21(22-20(25)27)9-11-23(2)12-10-21/h5-8H,4,9-14H2,1-3H3,(H,22,27). The van der Waals surface area contributed by atoms with E-state index in [4.69, 9.17) is 4.42 Å². The van der Waals surface area contributed by atoms with Crippen molar-refractivity contribution in [1.29, 1.82) is 0 Å². The highest BCUT2D eigenvalue weighted by molar-refractivity contribution is 6.07. The minimum atomic E-state index is -0.721. The number of nitrogens with one attached hydrogen (secondary N) is 1. The van der Waals surface area contributed by atoms with Crippen molar-refractivity contribution in [2.75, 3.05) is 33.9 Å². The highest BCUT2D eigenvalue weighted by Crippen LogP contribution is 2.30. The van der Waals surface area contributed by atoms with Crippen LogP contribution in [-0.2, 0) is 17.8 Å². The van der Waals surface area contributed by atoms with E-state index in [2.05, 4.69) is 23.2 Å². The molecular weight excluding hydrogens is 356 g/mol. The zero-order valence-electron chi connectivity index (χ0n) is 16.8. The van der Waals surface area contributed by atoms with E-state index in [1.807, 2.05) is 37.2 Å². The molecule has 0 atom stereocenters. The van der Waals surface area contributed by atoms with Crippen LogP contribution in [-0.4, -0.2) is 66.0 Å². The fraction of sp³-hybridized carbons (Fsp3) is 0.524. The van der Waals surface area contributed by atoms with E-state index in [0.717, 1.165) is 41.8 Å². The number of amides is 3. The number of rotatable bonds is 5. The normalized spacial score (nSPS) is 19.9. The number of hydrogen-bond donors (Lipinski definition) is 1. The van der Waals surface area contributed by atoms with Crippen LogP contribution in [0.1, 0.15) is 31.1 Å². The molecule has 1 aromatic heterocycles. The molecular formula is C21H28N4O3. The molecule has 150 valence electrons. The molecule has 28 heavy (non-hydrogen) atoms. The topological polar surface area (TPSA) is 69.0 Å². The maximum Gasteiger partial charge on any atom is 0.326 e. The van der Waals surface area contributed by atoms with Crippen molar-refractivity contribution in [3.63, 3.8) is 0 Å². The molecule has 0 radical (unpaired) electrons. The third kappa shape index (κ3) is 3.18. The summed E-state index contributed by atoms with van der Waals surface area (Å²) in [6.45, 7) is 4.59. The van der Waals surface area contributed by atoms with Crippen LogP contribution < -0.4 is 5.32 Å². The number of nitrogens with zero attached hydrogens (tertiary/aromatic N) is 3. The lowest BCUT2D eigenvalue weighted by Crippen LogP contribution is -2.54. The highest BCUT2D eigenvalue weighted by Gasteiger charge is 2.52. The second-order valence-electron chi connectivity index (χ2n) is 8.06. The summed E-state index contributed by atoms with van der Waals surface area (Å²) in [5.74, 6) is 0.863. The monoisotopic (exact) mass is 384 g/mol. The first-order valence-electron chi connectivity index (χ1n) is 9.94. The summed E-state index contributed by atoms with van der Waals surface area (Å²) in [5.41, 5.74) is 1.28. The number of aryl methyl sites for hydroxylation is 1. The van der Waals surface area contributed by atoms with E-state index in [1.54, 1.807) is 0 Å². The Balaban J connectivity index is 1.49. The Kier molecular flexibility index (Phi) is 4.89. The molecule has 2 aromatic rings. The van der Waals surface area contributed by atoms with Crippen molar-refractivity contribution >= 4 is 22.9 Å². The number of urea groups is 1. The Hall–Kier alpha value is -2.38. The Morgan fingerprint density at radius 2 is 1.93 bits per heavy atom. The van der Waals surface area contributed by atoms with E-state index >= 15 is 0 Å². The van der Waals surface area contributed by atoms with E-state index in [-0.39, 0.29) is 18.6 Å². The summed E-state index contributed by atoms with van der Waals surface area (Å²) in [5, 5.41) is 4.06. The first-order valence-corrected chi connectivity index (χ1v) is 9.94. The van der Waals surface area contributed by atoms with Gasteiger partial charge in [0.15, 0.2) is 0 Å². The summed E-state index contributed by atoms with van der Waals surface area (Å²) in [4.78, 5) is 31.2. The Morgan fingerprint density at radius 1 is 1.21 bits per heavy atom.